The zero-order chi connectivity index (χ0) is 19.3. The maximum absolute atomic E-state index is 12.2. The van der Waals surface area contributed by atoms with E-state index in [0.29, 0.717) is 6.61 Å². The zero-order valence-corrected chi connectivity index (χ0v) is 17.0. The third kappa shape index (κ3) is 8.03. The molecule has 0 saturated carbocycles. The monoisotopic (exact) mass is 369 g/mol. The lowest BCUT2D eigenvalue weighted by molar-refractivity contribution is -0.144. The summed E-state index contributed by atoms with van der Waals surface area (Å²) in [6.45, 7) is 4.63. The second-order valence-electron chi connectivity index (χ2n) is 7.42. The van der Waals surface area contributed by atoms with Gasteiger partial charge in [-0.1, -0.05) is 88.6 Å². The van der Waals surface area contributed by atoms with Crippen LogP contribution in [0.25, 0.3) is 10.8 Å². The molecule has 0 fully saturated rings. The fourth-order valence-electron chi connectivity index (χ4n) is 3.30. The number of carbonyl (C=O) groups excluding carboxylic acids is 1. The molecule has 3 nitrogen and oxygen atoms in total. The minimum absolute atomic E-state index is 0.178. The number of fused-ring (bicyclic) bond motifs is 1. The molecular weight excluding hydrogens is 334 g/mol. The second kappa shape index (κ2) is 12.4. The van der Waals surface area contributed by atoms with Gasteiger partial charge in [0.1, 0.15) is 6.04 Å². The number of unbranched alkanes of at least 4 members (excludes halogenated alkanes) is 8. The molecule has 0 aliphatic rings. The van der Waals surface area contributed by atoms with Crippen molar-refractivity contribution in [2.75, 3.05) is 11.9 Å². The van der Waals surface area contributed by atoms with Crippen molar-refractivity contribution in [2.24, 2.45) is 0 Å². The van der Waals surface area contributed by atoms with Gasteiger partial charge in [0.2, 0.25) is 0 Å². The van der Waals surface area contributed by atoms with E-state index in [2.05, 4.69) is 36.5 Å². The van der Waals surface area contributed by atoms with Crippen LogP contribution < -0.4 is 5.32 Å². The summed E-state index contributed by atoms with van der Waals surface area (Å²) < 4.78 is 5.42. The summed E-state index contributed by atoms with van der Waals surface area (Å²) in [5.74, 6) is -0.178. The third-order valence-electron chi connectivity index (χ3n) is 4.98. The summed E-state index contributed by atoms with van der Waals surface area (Å²) >= 11 is 0. The predicted molar refractivity (Wildman–Crippen MR) is 115 cm³/mol. The lowest BCUT2D eigenvalue weighted by Gasteiger charge is -2.15. The summed E-state index contributed by atoms with van der Waals surface area (Å²) in [5.41, 5.74) is 0.946. The molecule has 2 rings (SSSR count). The number of benzene rings is 2. The normalized spacial score (nSPS) is 12.1. The summed E-state index contributed by atoms with van der Waals surface area (Å²) in [6.07, 6.45) is 11.4. The number of rotatable bonds is 13. The van der Waals surface area contributed by atoms with E-state index in [4.69, 9.17) is 4.74 Å². The number of carbonyl (C=O) groups is 1. The predicted octanol–water partition coefficient (Wildman–Crippen LogP) is 6.71. The van der Waals surface area contributed by atoms with Crippen molar-refractivity contribution in [3.05, 3.63) is 42.5 Å². The first-order valence-corrected chi connectivity index (χ1v) is 10.6. The first-order chi connectivity index (χ1) is 13.2. The Kier molecular flexibility index (Phi) is 9.75. The van der Waals surface area contributed by atoms with Gasteiger partial charge in [0.05, 0.1) is 6.61 Å². The molecule has 2 aromatic carbocycles. The van der Waals surface area contributed by atoms with Crippen molar-refractivity contribution in [1.29, 1.82) is 0 Å². The van der Waals surface area contributed by atoms with E-state index in [1.165, 1.54) is 50.3 Å². The molecule has 0 spiro atoms. The van der Waals surface area contributed by atoms with Crippen molar-refractivity contribution in [3.8, 4) is 0 Å². The van der Waals surface area contributed by atoms with Crippen LogP contribution in [0, 0.1) is 0 Å². The maximum Gasteiger partial charge on any atom is 0.328 e. The average Bonchev–Trinajstić information content (AvgIpc) is 2.69. The largest absolute Gasteiger partial charge is 0.464 e. The zero-order valence-electron chi connectivity index (χ0n) is 17.0. The Morgan fingerprint density at radius 1 is 0.889 bits per heavy atom. The second-order valence-corrected chi connectivity index (χ2v) is 7.42. The number of nitrogens with one attached hydrogen (secondary N) is 1. The first-order valence-electron chi connectivity index (χ1n) is 10.6. The van der Waals surface area contributed by atoms with Gasteiger partial charge in [-0.25, -0.2) is 4.79 Å². The van der Waals surface area contributed by atoms with Crippen LogP contribution in [0.4, 0.5) is 5.69 Å². The molecule has 0 heterocycles. The molecular formula is C24H35NO2. The van der Waals surface area contributed by atoms with Gasteiger partial charge >= 0.3 is 5.97 Å². The van der Waals surface area contributed by atoms with Gasteiger partial charge in [-0.3, -0.25) is 0 Å². The van der Waals surface area contributed by atoms with Crippen LogP contribution in [0.5, 0.6) is 0 Å². The SMILES string of the molecule is CCCCCCCCCCCOC(=O)[C@@H](C)Nc1ccc2ccccc2c1. The van der Waals surface area contributed by atoms with E-state index in [1.54, 1.807) is 0 Å². The highest BCUT2D eigenvalue weighted by Crippen LogP contribution is 2.19. The topological polar surface area (TPSA) is 38.3 Å². The maximum atomic E-state index is 12.2. The Hall–Kier alpha value is -2.03. The minimum Gasteiger partial charge on any atom is -0.464 e. The quantitative estimate of drug-likeness (QED) is 0.315. The molecule has 0 amide bonds. The van der Waals surface area contributed by atoms with Crippen molar-refractivity contribution in [3.63, 3.8) is 0 Å². The number of esters is 1. The van der Waals surface area contributed by atoms with Crippen LogP contribution in [-0.4, -0.2) is 18.6 Å². The molecule has 148 valence electrons. The molecule has 0 aliphatic carbocycles. The van der Waals surface area contributed by atoms with E-state index in [1.807, 2.05) is 25.1 Å². The number of hydrogen-bond donors (Lipinski definition) is 1. The van der Waals surface area contributed by atoms with Crippen LogP contribution in [-0.2, 0) is 9.53 Å². The van der Waals surface area contributed by atoms with Crippen LogP contribution in [0.1, 0.15) is 71.6 Å². The van der Waals surface area contributed by atoms with Crippen LogP contribution in [0.3, 0.4) is 0 Å². The summed E-state index contributed by atoms with van der Waals surface area (Å²) in [7, 11) is 0. The smallest absolute Gasteiger partial charge is 0.328 e. The van der Waals surface area contributed by atoms with Gasteiger partial charge in [0.25, 0.3) is 0 Å². The van der Waals surface area contributed by atoms with Crippen molar-refractivity contribution >= 4 is 22.4 Å². The summed E-state index contributed by atoms with van der Waals surface area (Å²) in [4.78, 5) is 12.2. The highest BCUT2D eigenvalue weighted by molar-refractivity contribution is 5.87. The molecule has 2 aromatic rings. The van der Waals surface area contributed by atoms with E-state index in [9.17, 15) is 4.79 Å². The van der Waals surface area contributed by atoms with E-state index in [0.717, 1.165) is 23.9 Å². The Morgan fingerprint density at radius 3 is 2.22 bits per heavy atom. The Labute approximate surface area is 164 Å². The Balaban J connectivity index is 1.58. The number of hydrogen-bond acceptors (Lipinski definition) is 3. The number of anilines is 1. The molecule has 0 aromatic heterocycles. The molecule has 0 radical (unpaired) electrons. The van der Waals surface area contributed by atoms with Crippen molar-refractivity contribution < 1.29 is 9.53 Å². The standard InChI is InChI=1S/C24H35NO2/c1-3-4-5-6-7-8-9-10-13-18-27-24(26)20(2)25-23-17-16-21-14-11-12-15-22(21)19-23/h11-12,14-17,19-20,25H,3-10,13,18H2,1-2H3/t20-/m1/s1. The van der Waals surface area contributed by atoms with Crippen LogP contribution in [0.15, 0.2) is 42.5 Å². The van der Waals surface area contributed by atoms with Crippen molar-refractivity contribution in [1.82, 2.24) is 0 Å². The fourth-order valence-corrected chi connectivity index (χ4v) is 3.30. The average molecular weight is 370 g/mol. The first kappa shape index (κ1) is 21.3. The summed E-state index contributed by atoms with van der Waals surface area (Å²) in [5, 5.41) is 5.61. The van der Waals surface area contributed by atoms with Crippen LogP contribution >= 0.6 is 0 Å². The van der Waals surface area contributed by atoms with E-state index >= 15 is 0 Å². The molecule has 27 heavy (non-hydrogen) atoms. The van der Waals surface area contributed by atoms with Gasteiger partial charge in [-0.2, -0.15) is 0 Å². The molecule has 3 heteroatoms. The lowest BCUT2D eigenvalue weighted by atomic mass is 10.1. The van der Waals surface area contributed by atoms with E-state index < -0.39 is 0 Å². The van der Waals surface area contributed by atoms with Gasteiger partial charge in [-0.15, -0.1) is 0 Å². The van der Waals surface area contributed by atoms with Crippen molar-refractivity contribution in [2.45, 2.75) is 77.7 Å². The highest BCUT2D eigenvalue weighted by Gasteiger charge is 2.14. The Morgan fingerprint density at radius 2 is 1.52 bits per heavy atom. The molecule has 0 aliphatic heterocycles. The van der Waals surface area contributed by atoms with Gasteiger partial charge in [0, 0.05) is 5.69 Å². The van der Waals surface area contributed by atoms with Crippen LogP contribution in [0.2, 0.25) is 0 Å². The highest BCUT2D eigenvalue weighted by atomic mass is 16.5. The minimum atomic E-state index is -0.343. The molecule has 0 unspecified atom stereocenters. The Bertz CT molecular complexity index is 683. The molecule has 0 saturated heterocycles. The third-order valence-corrected chi connectivity index (χ3v) is 4.98. The van der Waals surface area contributed by atoms with Gasteiger partial charge in [-0.05, 0) is 36.2 Å². The molecule has 1 N–H and O–H groups in total. The lowest BCUT2D eigenvalue weighted by Crippen LogP contribution is -2.28. The molecule has 1 atom stereocenters. The number of ether oxygens (including phenoxy) is 1. The summed E-state index contributed by atoms with van der Waals surface area (Å²) in [6, 6.07) is 14.0. The molecule has 0 bridgehead atoms. The van der Waals surface area contributed by atoms with E-state index in [-0.39, 0.29) is 12.0 Å². The van der Waals surface area contributed by atoms with Gasteiger partial charge < -0.3 is 10.1 Å². The van der Waals surface area contributed by atoms with Gasteiger partial charge in [0.15, 0.2) is 0 Å². The fraction of sp³-hybridized carbons (Fsp3) is 0.542.